The molecule has 0 fully saturated rings. The molecule has 0 aliphatic carbocycles. The minimum Gasteiger partial charge on any atom is -0.478 e. The van der Waals surface area contributed by atoms with Crippen molar-refractivity contribution in [3.8, 4) is 17.1 Å². The predicted molar refractivity (Wildman–Crippen MR) is 156 cm³/mol. The summed E-state index contributed by atoms with van der Waals surface area (Å²) in [6, 6.07) is 18.6. The highest BCUT2D eigenvalue weighted by Crippen LogP contribution is 2.26. The number of hydrogen-bond acceptors (Lipinski definition) is 6. The van der Waals surface area contributed by atoms with Crippen molar-refractivity contribution < 1.29 is 28.2 Å². The summed E-state index contributed by atoms with van der Waals surface area (Å²) in [4.78, 5) is 23.9. The predicted octanol–water partition coefficient (Wildman–Crippen LogP) is 5.77. The Kier molecular flexibility index (Phi) is 8.71. The Bertz CT molecular complexity index is 1850. The molecule has 0 saturated carbocycles. The molecule has 0 saturated heterocycles. The number of fused-ring (bicyclic) bond motifs is 1. The third kappa shape index (κ3) is 6.51. The van der Waals surface area contributed by atoms with E-state index in [0.29, 0.717) is 40.2 Å². The fourth-order valence-electron chi connectivity index (χ4n) is 4.64. The highest BCUT2D eigenvalue weighted by molar-refractivity contribution is 5.92. The highest BCUT2D eigenvalue weighted by Gasteiger charge is 2.19. The molecule has 0 aliphatic rings. The van der Waals surface area contributed by atoms with Crippen LogP contribution in [0.1, 0.15) is 27.3 Å². The molecule has 1 unspecified atom stereocenters. The number of carboxylic acids is 1. The molecule has 2 heterocycles. The van der Waals surface area contributed by atoms with Crippen molar-refractivity contribution in [2.75, 3.05) is 13.7 Å². The largest absolute Gasteiger partial charge is 0.478 e. The van der Waals surface area contributed by atoms with E-state index in [4.69, 9.17) is 21.8 Å². The Morgan fingerprint density at radius 3 is 2.53 bits per heavy atom. The summed E-state index contributed by atoms with van der Waals surface area (Å²) >= 11 is 0. The van der Waals surface area contributed by atoms with Gasteiger partial charge in [0.2, 0.25) is 5.88 Å². The number of pyridine rings is 1. The first-order chi connectivity index (χ1) is 20.8. The quantitative estimate of drug-likeness (QED) is 0.190. The number of aromatic carboxylic acids is 1. The van der Waals surface area contributed by atoms with E-state index in [9.17, 15) is 14.3 Å². The first-order valence-electron chi connectivity index (χ1n) is 13.3. The number of methoxy groups -OCH3 is 1. The molecule has 3 aromatic carbocycles. The highest BCUT2D eigenvalue weighted by atomic mass is 19.1. The van der Waals surface area contributed by atoms with Gasteiger partial charge in [-0.05, 0) is 42.0 Å². The van der Waals surface area contributed by atoms with Gasteiger partial charge in [-0.3, -0.25) is 0 Å². The molecule has 1 atom stereocenters. The SMILES string of the molecule is [C-]#[N+]c1ccc(COc2cccc(-c3ccc(Cc4nc5ccc(C(=O)O)cc5n4CC(CN)OC)c(F)c3)n2)c(F)c1. The molecule has 0 aliphatic heterocycles. The Morgan fingerprint density at radius 1 is 1.05 bits per heavy atom. The van der Waals surface area contributed by atoms with Crippen LogP contribution in [0, 0.1) is 18.2 Å². The van der Waals surface area contributed by atoms with Crippen LogP contribution in [0.25, 0.3) is 27.1 Å². The minimum atomic E-state index is -1.06. The lowest BCUT2D eigenvalue weighted by Crippen LogP contribution is -2.28. The van der Waals surface area contributed by atoms with Gasteiger partial charge >= 0.3 is 5.97 Å². The number of nitrogens with two attached hydrogens (primary N) is 1. The minimum absolute atomic E-state index is 0.0864. The first kappa shape index (κ1) is 29.3. The standard InChI is InChI=1S/C32H27F2N5O4/c1-36-23-10-8-22(26(34)15-23)18-43-31-5-3-4-27(38-31)20-7-6-19(25(33)12-20)14-30-37-28-11-9-21(32(40)41)13-29(28)39(30)17-24(16-35)42-2/h3-13,15,24H,14,16-18,35H2,2H3,(H,40,41). The van der Waals surface area contributed by atoms with Gasteiger partial charge in [-0.15, -0.1) is 0 Å². The number of halogens is 2. The molecular formula is C32H27F2N5O4. The zero-order valence-electron chi connectivity index (χ0n) is 23.1. The maximum absolute atomic E-state index is 15.5. The number of ether oxygens (including phenoxy) is 2. The molecule has 11 heteroatoms. The van der Waals surface area contributed by atoms with Gasteiger partial charge in [-0.2, -0.15) is 0 Å². The van der Waals surface area contributed by atoms with Gasteiger partial charge < -0.3 is 24.9 Å². The monoisotopic (exact) mass is 583 g/mol. The number of imidazole rings is 1. The summed E-state index contributed by atoms with van der Waals surface area (Å²) in [5, 5.41) is 9.47. The summed E-state index contributed by atoms with van der Waals surface area (Å²) in [6.07, 6.45) is -0.217. The third-order valence-corrected chi connectivity index (χ3v) is 7.02. The molecule has 5 rings (SSSR count). The van der Waals surface area contributed by atoms with Crippen LogP contribution in [-0.2, 0) is 24.3 Å². The van der Waals surface area contributed by atoms with E-state index in [2.05, 4.69) is 14.8 Å². The van der Waals surface area contributed by atoms with E-state index in [1.165, 1.54) is 37.4 Å². The van der Waals surface area contributed by atoms with E-state index in [1.807, 2.05) is 4.57 Å². The number of carboxylic acid groups (broad SMARTS) is 1. The Hall–Kier alpha value is -5.18. The third-order valence-electron chi connectivity index (χ3n) is 7.02. The fraction of sp³-hybridized carbons (Fsp3) is 0.188. The van der Waals surface area contributed by atoms with Gasteiger partial charge in [0.25, 0.3) is 0 Å². The maximum atomic E-state index is 15.5. The number of carbonyl (C=O) groups is 1. The summed E-state index contributed by atoms with van der Waals surface area (Å²) in [7, 11) is 1.54. The van der Waals surface area contributed by atoms with Crippen LogP contribution >= 0.6 is 0 Å². The van der Waals surface area contributed by atoms with Crippen molar-refractivity contribution in [1.82, 2.24) is 14.5 Å². The van der Waals surface area contributed by atoms with Crippen LogP contribution in [-0.4, -0.2) is 45.4 Å². The Labute approximate surface area is 246 Å². The van der Waals surface area contributed by atoms with Gasteiger partial charge in [0.05, 0.1) is 41.5 Å². The topological polar surface area (TPSA) is 117 Å². The molecule has 43 heavy (non-hydrogen) atoms. The number of nitrogens with zero attached hydrogens (tertiary/aromatic N) is 4. The number of hydrogen-bond donors (Lipinski definition) is 2. The fourth-order valence-corrected chi connectivity index (χ4v) is 4.64. The zero-order valence-corrected chi connectivity index (χ0v) is 23.1. The van der Waals surface area contributed by atoms with Crippen molar-refractivity contribution in [2.24, 2.45) is 5.73 Å². The molecule has 5 aromatic rings. The van der Waals surface area contributed by atoms with Crippen molar-refractivity contribution in [3.05, 3.63) is 118 Å². The lowest BCUT2D eigenvalue weighted by Gasteiger charge is -2.17. The number of rotatable bonds is 11. The molecule has 0 amide bonds. The first-order valence-corrected chi connectivity index (χ1v) is 13.3. The van der Waals surface area contributed by atoms with E-state index in [1.54, 1.807) is 36.4 Å². The lowest BCUT2D eigenvalue weighted by atomic mass is 10.1. The van der Waals surface area contributed by atoms with Gasteiger partial charge in [-0.25, -0.2) is 28.4 Å². The average Bonchev–Trinajstić information content (AvgIpc) is 3.35. The zero-order chi connectivity index (χ0) is 30.5. The number of benzene rings is 3. The van der Waals surface area contributed by atoms with Crippen LogP contribution in [0.4, 0.5) is 14.5 Å². The molecule has 3 N–H and O–H groups in total. The van der Waals surface area contributed by atoms with Gasteiger partial charge in [0.15, 0.2) is 5.69 Å². The van der Waals surface area contributed by atoms with E-state index >= 15 is 4.39 Å². The van der Waals surface area contributed by atoms with Gasteiger partial charge in [0.1, 0.15) is 24.1 Å². The second-order valence-corrected chi connectivity index (χ2v) is 9.76. The van der Waals surface area contributed by atoms with Crippen molar-refractivity contribution in [1.29, 1.82) is 0 Å². The van der Waals surface area contributed by atoms with Crippen LogP contribution < -0.4 is 10.5 Å². The van der Waals surface area contributed by atoms with Crippen molar-refractivity contribution in [2.45, 2.75) is 25.7 Å². The second kappa shape index (κ2) is 12.8. The van der Waals surface area contributed by atoms with Crippen LogP contribution in [0.3, 0.4) is 0 Å². The van der Waals surface area contributed by atoms with E-state index < -0.39 is 17.6 Å². The van der Waals surface area contributed by atoms with E-state index in [0.717, 1.165) is 6.07 Å². The maximum Gasteiger partial charge on any atom is 0.335 e. The normalized spacial score (nSPS) is 11.8. The molecule has 218 valence electrons. The molecule has 2 aromatic heterocycles. The van der Waals surface area contributed by atoms with Crippen LogP contribution in [0.15, 0.2) is 72.8 Å². The molecule has 9 nitrogen and oxygen atoms in total. The molecule has 0 radical (unpaired) electrons. The smallest absolute Gasteiger partial charge is 0.335 e. The summed E-state index contributed by atoms with van der Waals surface area (Å²) in [6.45, 7) is 7.45. The average molecular weight is 584 g/mol. The number of aromatic nitrogens is 3. The van der Waals surface area contributed by atoms with Crippen LogP contribution in [0.2, 0.25) is 0 Å². The summed E-state index contributed by atoms with van der Waals surface area (Å²) < 4.78 is 42.6. The summed E-state index contributed by atoms with van der Waals surface area (Å²) in [5.74, 6) is -1.31. The lowest BCUT2D eigenvalue weighted by molar-refractivity contribution is 0.0697. The van der Waals surface area contributed by atoms with Gasteiger partial charge in [0, 0.05) is 37.3 Å². The molecule has 0 bridgehead atoms. The van der Waals surface area contributed by atoms with Crippen molar-refractivity contribution in [3.63, 3.8) is 0 Å². The Balaban J connectivity index is 1.39. The van der Waals surface area contributed by atoms with E-state index in [-0.39, 0.29) is 48.4 Å². The van der Waals surface area contributed by atoms with Gasteiger partial charge in [-0.1, -0.05) is 30.3 Å². The molecular weight excluding hydrogens is 556 g/mol. The molecule has 0 spiro atoms. The second-order valence-electron chi connectivity index (χ2n) is 9.76. The summed E-state index contributed by atoms with van der Waals surface area (Å²) in [5.41, 5.74) is 8.96. The van der Waals surface area contributed by atoms with Crippen LogP contribution in [0.5, 0.6) is 5.88 Å². The van der Waals surface area contributed by atoms with Crippen molar-refractivity contribution >= 4 is 22.7 Å². The Morgan fingerprint density at radius 2 is 1.84 bits per heavy atom.